The van der Waals surface area contributed by atoms with Gasteiger partial charge in [-0.3, -0.25) is 4.79 Å². The smallest absolute Gasteiger partial charge is 0.143 e. The van der Waals surface area contributed by atoms with Crippen molar-refractivity contribution in [1.29, 1.82) is 0 Å². The summed E-state index contributed by atoms with van der Waals surface area (Å²) in [6.07, 6.45) is 2.70. The average molecular weight is 142 g/mol. The van der Waals surface area contributed by atoms with Gasteiger partial charge >= 0.3 is 0 Å². The lowest BCUT2D eigenvalue weighted by molar-refractivity contribution is -0.122. The summed E-state index contributed by atoms with van der Waals surface area (Å²) in [5, 5.41) is 1.61. The summed E-state index contributed by atoms with van der Waals surface area (Å²) in [6.45, 7) is 1.93. The first-order valence-corrected chi connectivity index (χ1v) is 3.66. The first-order chi connectivity index (χ1) is 4.19. The molecule has 1 atom stereocenters. The van der Waals surface area contributed by atoms with E-state index in [1.165, 1.54) is 0 Å². The van der Waals surface area contributed by atoms with Crippen molar-refractivity contribution in [2.45, 2.75) is 26.2 Å². The van der Waals surface area contributed by atoms with E-state index in [1.807, 2.05) is 6.92 Å². The number of hydrogen-bond acceptors (Lipinski definition) is 2. The highest BCUT2D eigenvalue weighted by atomic mass is 32.1. The molecule has 1 unspecified atom stereocenters. The van der Waals surface area contributed by atoms with Crippen LogP contribution in [0.4, 0.5) is 0 Å². The Hall–Kier alpha value is -0.240. The Morgan fingerprint density at radius 3 is 2.67 bits per heavy atom. The molecule has 0 amide bonds. The van der Waals surface area contributed by atoms with Crippen LogP contribution in [0.15, 0.2) is 0 Å². The molecule has 1 saturated carbocycles. The van der Waals surface area contributed by atoms with Crippen LogP contribution >= 0.6 is 12.2 Å². The Morgan fingerprint density at radius 2 is 2.44 bits per heavy atom. The van der Waals surface area contributed by atoms with E-state index in [2.05, 4.69) is 0 Å². The molecule has 0 heterocycles. The van der Waals surface area contributed by atoms with E-state index in [1.54, 1.807) is 5.37 Å². The maximum Gasteiger partial charge on any atom is 0.143 e. The van der Waals surface area contributed by atoms with Gasteiger partial charge in [-0.2, -0.15) is 0 Å². The molecule has 1 aliphatic rings. The van der Waals surface area contributed by atoms with E-state index in [0.717, 1.165) is 19.3 Å². The monoisotopic (exact) mass is 142 g/mol. The van der Waals surface area contributed by atoms with Crippen molar-refractivity contribution in [3.05, 3.63) is 0 Å². The average Bonchev–Trinajstić information content (AvgIpc) is 2.15. The van der Waals surface area contributed by atoms with Crippen LogP contribution in [0.2, 0.25) is 0 Å². The second kappa shape index (κ2) is 2.18. The van der Waals surface area contributed by atoms with Crippen molar-refractivity contribution < 1.29 is 4.79 Å². The fourth-order valence-electron chi connectivity index (χ4n) is 1.17. The fourth-order valence-corrected chi connectivity index (χ4v) is 1.42. The van der Waals surface area contributed by atoms with Gasteiger partial charge in [-0.05, 0) is 25.1 Å². The standard InChI is InChI=1S/C7H10OS/c1-7(5-9)4-2-3-6(7)8/h5H,2-4H2,1H3. The van der Waals surface area contributed by atoms with Crippen molar-refractivity contribution in [3.63, 3.8) is 0 Å². The number of Topliss-reactive ketones (excluding diaryl/α,β-unsaturated/α-hetero) is 1. The number of carbonyl (C=O) groups excluding carboxylic acids is 1. The van der Waals surface area contributed by atoms with Gasteiger partial charge < -0.3 is 0 Å². The zero-order chi connectivity index (χ0) is 6.91. The normalized spacial score (nSPS) is 35.0. The van der Waals surface area contributed by atoms with E-state index in [0.29, 0.717) is 5.78 Å². The van der Waals surface area contributed by atoms with Gasteiger partial charge in [-0.25, -0.2) is 0 Å². The third-order valence-electron chi connectivity index (χ3n) is 2.00. The Labute approximate surface area is 60.4 Å². The topological polar surface area (TPSA) is 17.1 Å². The summed E-state index contributed by atoms with van der Waals surface area (Å²) in [4.78, 5) is 11.0. The van der Waals surface area contributed by atoms with Crippen molar-refractivity contribution >= 4 is 23.4 Å². The first kappa shape index (κ1) is 6.87. The molecule has 0 bridgehead atoms. The zero-order valence-electron chi connectivity index (χ0n) is 5.52. The molecule has 1 rings (SSSR count). The van der Waals surface area contributed by atoms with Crippen molar-refractivity contribution in [1.82, 2.24) is 0 Å². The molecule has 0 aromatic carbocycles. The van der Waals surface area contributed by atoms with Crippen LogP contribution in [-0.4, -0.2) is 11.2 Å². The van der Waals surface area contributed by atoms with E-state index < -0.39 is 0 Å². The van der Waals surface area contributed by atoms with Gasteiger partial charge in [-0.1, -0.05) is 12.2 Å². The van der Waals surface area contributed by atoms with Crippen LogP contribution in [0.5, 0.6) is 0 Å². The Kier molecular flexibility index (Phi) is 1.66. The minimum atomic E-state index is -0.255. The van der Waals surface area contributed by atoms with E-state index in [4.69, 9.17) is 12.2 Å². The van der Waals surface area contributed by atoms with Crippen molar-refractivity contribution in [3.8, 4) is 0 Å². The maximum atomic E-state index is 11.0. The molecule has 0 N–H and O–H groups in total. The number of carbonyl (C=O) groups is 1. The lowest BCUT2D eigenvalue weighted by Crippen LogP contribution is -2.21. The molecule has 9 heavy (non-hydrogen) atoms. The van der Waals surface area contributed by atoms with Gasteiger partial charge in [0, 0.05) is 6.42 Å². The predicted molar refractivity (Wildman–Crippen MR) is 40.6 cm³/mol. The fraction of sp³-hybridized carbons (Fsp3) is 0.714. The van der Waals surface area contributed by atoms with Gasteiger partial charge in [0.25, 0.3) is 0 Å². The molecule has 2 heteroatoms. The Bertz CT molecular complexity index is 153. The summed E-state index contributed by atoms with van der Waals surface area (Å²) in [5.41, 5.74) is -0.255. The number of hydrogen-bond donors (Lipinski definition) is 0. The van der Waals surface area contributed by atoms with Crippen LogP contribution in [0.1, 0.15) is 26.2 Å². The highest BCUT2D eigenvalue weighted by Gasteiger charge is 2.34. The number of ketones is 1. The van der Waals surface area contributed by atoms with E-state index in [-0.39, 0.29) is 5.41 Å². The minimum Gasteiger partial charge on any atom is -0.299 e. The molecule has 0 saturated heterocycles. The lowest BCUT2D eigenvalue weighted by atomic mass is 9.91. The second-order valence-electron chi connectivity index (χ2n) is 2.81. The van der Waals surface area contributed by atoms with Crippen LogP contribution in [-0.2, 0) is 4.79 Å². The molecule has 1 aliphatic carbocycles. The van der Waals surface area contributed by atoms with E-state index in [9.17, 15) is 4.79 Å². The highest BCUT2D eigenvalue weighted by molar-refractivity contribution is 7.79. The summed E-state index contributed by atoms with van der Waals surface area (Å²) in [5.74, 6) is 0.317. The summed E-state index contributed by atoms with van der Waals surface area (Å²) in [6, 6.07) is 0. The lowest BCUT2D eigenvalue weighted by Gasteiger charge is -2.12. The van der Waals surface area contributed by atoms with E-state index >= 15 is 0 Å². The molecular formula is C7H10OS. The molecular weight excluding hydrogens is 132 g/mol. The summed E-state index contributed by atoms with van der Waals surface area (Å²) in [7, 11) is 0. The number of rotatable bonds is 1. The quantitative estimate of drug-likeness (QED) is 0.519. The molecule has 0 aliphatic heterocycles. The second-order valence-corrected chi connectivity index (χ2v) is 3.05. The van der Waals surface area contributed by atoms with Crippen LogP contribution in [0.3, 0.4) is 0 Å². The first-order valence-electron chi connectivity index (χ1n) is 3.19. The van der Waals surface area contributed by atoms with Gasteiger partial charge in [0.15, 0.2) is 0 Å². The highest BCUT2D eigenvalue weighted by Crippen LogP contribution is 2.32. The molecule has 0 radical (unpaired) electrons. The van der Waals surface area contributed by atoms with Gasteiger partial charge in [-0.15, -0.1) is 0 Å². The molecule has 0 spiro atoms. The molecule has 50 valence electrons. The minimum absolute atomic E-state index is 0.255. The van der Waals surface area contributed by atoms with Gasteiger partial charge in [0.2, 0.25) is 0 Å². The molecule has 0 aromatic rings. The largest absolute Gasteiger partial charge is 0.299 e. The third-order valence-corrected chi connectivity index (χ3v) is 2.52. The molecule has 0 aromatic heterocycles. The van der Waals surface area contributed by atoms with Crippen LogP contribution < -0.4 is 0 Å². The molecule has 1 nitrogen and oxygen atoms in total. The number of thiocarbonyl (C=S) groups is 1. The van der Waals surface area contributed by atoms with Crippen LogP contribution in [0, 0.1) is 5.41 Å². The third kappa shape index (κ3) is 1.04. The SMILES string of the molecule is CC1(C=S)CCCC1=O. The zero-order valence-corrected chi connectivity index (χ0v) is 6.33. The van der Waals surface area contributed by atoms with Gasteiger partial charge in [0.1, 0.15) is 5.78 Å². The molecule has 1 fully saturated rings. The summed E-state index contributed by atoms with van der Waals surface area (Å²) < 4.78 is 0. The maximum absolute atomic E-state index is 11.0. The van der Waals surface area contributed by atoms with Crippen LogP contribution in [0.25, 0.3) is 0 Å². The Morgan fingerprint density at radius 1 is 1.78 bits per heavy atom. The van der Waals surface area contributed by atoms with Gasteiger partial charge in [0.05, 0.1) is 5.41 Å². The van der Waals surface area contributed by atoms with Crippen molar-refractivity contribution in [2.24, 2.45) is 5.41 Å². The van der Waals surface area contributed by atoms with Crippen molar-refractivity contribution in [2.75, 3.05) is 0 Å². The summed E-state index contributed by atoms with van der Waals surface area (Å²) >= 11 is 4.76. The predicted octanol–water partition coefficient (Wildman–Crippen LogP) is 1.75. The Balaban J connectivity index is 2.78.